The number of hydrogen-bond donors (Lipinski definition) is 4. The molecule has 133 heavy (non-hydrogen) atoms. The van der Waals surface area contributed by atoms with Gasteiger partial charge in [0.25, 0.3) is 0 Å². The van der Waals surface area contributed by atoms with Gasteiger partial charge in [0, 0.05) is 49.1 Å². The van der Waals surface area contributed by atoms with E-state index in [1.54, 1.807) is 18.5 Å². The Balaban J connectivity index is 0.000000506. The molecule has 4 N–H and O–H groups in total. The minimum Gasteiger partial charge on any atom is -0.492 e. The summed E-state index contributed by atoms with van der Waals surface area (Å²) in [5, 5.41) is 8.55. The van der Waals surface area contributed by atoms with Crippen LogP contribution in [-0.4, -0.2) is 177 Å². The van der Waals surface area contributed by atoms with Crippen LogP contribution in [0.4, 0.5) is 5.69 Å². The minimum atomic E-state index is -3.16. The summed E-state index contributed by atoms with van der Waals surface area (Å²) >= 11 is 0. The van der Waals surface area contributed by atoms with E-state index in [2.05, 4.69) is 254 Å². The third-order valence-electron chi connectivity index (χ3n) is 23.8. The van der Waals surface area contributed by atoms with Crippen LogP contribution < -0.4 is 23.7 Å². The molecule has 1 aliphatic heterocycles. The van der Waals surface area contributed by atoms with Crippen LogP contribution in [0.3, 0.4) is 0 Å². The second-order valence-corrected chi connectivity index (χ2v) is 40.4. The van der Waals surface area contributed by atoms with E-state index >= 15 is 0 Å². The minimum absolute atomic E-state index is 0.0614. The molecule has 12 rings (SSSR count). The lowest BCUT2D eigenvalue weighted by Gasteiger charge is -2.28. The van der Waals surface area contributed by atoms with Gasteiger partial charge in [-0.1, -0.05) is 302 Å². The van der Waals surface area contributed by atoms with Crippen molar-refractivity contribution >= 4 is 15.7 Å². The molecule has 20 heteroatoms. The summed E-state index contributed by atoms with van der Waals surface area (Å²) in [4.78, 5) is 16.5. The summed E-state index contributed by atoms with van der Waals surface area (Å²) in [5.41, 5.74) is 9.51. The molecular weight excluding hydrogens is 1680 g/mol. The standard InChI is InChI=1S/C18H26O4.C16H22O3.C15H23NO2.C11H16O2.C10H15NO2S.C9H18.C8H16.C7H12N2.C7H14.C6H10N2.C6H12/c1-4-9-19-10-11-20-12-13-21-14-15-22-18-7-5-17(6-8-18)16(2)3;1-4-9-17-10-11-18-12-13-19-16-7-5-15(6-8-16)14(2)3;1-13(2)14-3-5-15(6-4-14)18-12-9-16-7-10-17-11-8-16;1-9(2)10-3-5-11(6-4-10)13-8-7-12;1-8(2)9-4-6-10(7-5-9)11-14(3,12)13;1-8(2)9-6-4-3-5-7-9;1-7(2)8-5-3-4-6-8;1-5(2)7-4-8-6(3)9-7;1-6(2)7-4-3-5-7;1-5(2)6-3-7-4-8-6;1-5(2)6-3-4-6/h1,5-8,16H,9-15H2,2-3H3;1,5-8,14H,9-13H2,2-3H3;3-6,13H,7-12H2,1-2H3;3-6,9,12H,7-8H2,1-2H3;4-8,11H,1-3H3;8-9H,3-7H2,1-2H3;7-8H,3-6H2,1-2H3;4-5H,1-3H3,(H,8,9);6-7H,3-5H2,1-2H3;3-5H,1-2H3,(H,7,8);5-6H,3-4H2,1-2H3. The average Bonchev–Trinajstić information content (AvgIpc) is 1.64. The molecule has 5 aliphatic rings. The number of aryl methyl sites for hydroxylation is 1. The first kappa shape index (κ1) is 121. The lowest BCUT2D eigenvalue weighted by atomic mass is 9.78. The third-order valence-corrected chi connectivity index (χ3v) is 24.4. The molecule has 0 amide bonds. The molecule has 0 spiro atoms. The molecule has 4 saturated carbocycles. The first-order chi connectivity index (χ1) is 63.6. The maximum atomic E-state index is 10.9. The topological polar surface area (TPSA) is 219 Å². The van der Waals surface area contributed by atoms with Gasteiger partial charge >= 0.3 is 0 Å². The van der Waals surface area contributed by atoms with E-state index in [9.17, 15) is 8.42 Å². The lowest BCUT2D eigenvalue weighted by molar-refractivity contribution is 0.0142. The Labute approximate surface area is 810 Å². The normalized spacial score (nSPS) is 14.3. The molecule has 0 bridgehead atoms. The van der Waals surface area contributed by atoms with Gasteiger partial charge in [-0.25, -0.2) is 18.4 Å². The first-order valence-corrected chi connectivity index (χ1v) is 52.1. The summed E-state index contributed by atoms with van der Waals surface area (Å²) in [7, 11) is -3.16. The molecule has 750 valence electrons. The van der Waals surface area contributed by atoms with Gasteiger partial charge in [-0.15, -0.1) is 12.8 Å². The Morgan fingerprint density at radius 3 is 0.970 bits per heavy atom. The molecule has 0 radical (unpaired) electrons. The Bertz CT molecular complexity index is 4050. The van der Waals surface area contributed by atoms with E-state index in [-0.39, 0.29) is 6.61 Å². The Morgan fingerprint density at radius 1 is 0.406 bits per heavy atom. The van der Waals surface area contributed by atoms with Crippen LogP contribution in [0.5, 0.6) is 23.0 Å². The van der Waals surface area contributed by atoms with Gasteiger partial charge in [-0.3, -0.25) is 9.62 Å². The van der Waals surface area contributed by atoms with Gasteiger partial charge < -0.3 is 62.4 Å². The van der Waals surface area contributed by atoms with Crippen LogP contribution in [0.1, 0.15) is 329 Å². The van der Waals surface area contributed by atoms with Crippen LogP contribution in [-0.2, 0) is 38.4 Å². The molecule has 1 saturated heterocycles. The number of nitrogens with one attached hydrogen (secondary N) is 3. The second-order valence-electron chi connectivity index (χ2n) is 38.7. The fourth-order valence-corrected chi connectivity index (χ4v) is 14.8. The van der Waals surface area contributed by atoms with Crippen LogP contribution in [0, 0.1) is 79.0 Å². The van der Waals surface area contributed by atoms with Crippen molar-refractivity contribution in [2.24, 2.45) is 47.3 Å². The zero-order valence-corrected chi connectivity index (χ0v) is 88.0. The van der Waals surface area contributed by atoms with Gasteiger partial charge in [0.15, 0.2) is 0 Å². The third kappa shape index (κ3) is 62.6. The van der Waals surface area contributed by atoms with Gasteiger partial charge in [0.05, 0.1) is 85.3 Å². The summed E-state index contributed by atoms with van der Waals surface area (Å²) < 4.78 is 78.0. The highest BCUT2D eigenvalue weighted by Crippen LogP contribution is 2.36. The van der Waals surface area contributed by atoms with Crippen molar-refractivity contribution in [3.8, 4) is 47.7 Å². The number of imidazole rings is 2. The van der Waals surface area contributed by atoms with Crippen LogP contribution in [0.15, 0.2) is 140 Å². The Hall–Kier alpha value is -7.73. The number of rotatable bonds is 39. The zero-order chi connectivity index (χ0) is 98.6. The molecule has 19 nitrogen and oxygen atoms in total. The van der Waals surface area contributed by atoms with Crippen LogP contribution in [0.25, 0.3) is 0 Å². The predicted octanol–water partition coefficient (Wildman–Crippen LogP) is 26.5. The van der Waals surface area contributed by atoms with Crippen molar-refractivity contribution < 1.29 is 60.9 Å². The number of sulfonamides is 1. The van der Waals surface area contributed by atoms with E-state index in [0.29, 0.717) is 133 Å². The van der Waals surface area contributed by atoms with Gasteiger partial charge in [0.1, 0.15) is 68.5 Å². The number of terminal acetylenes is 2. The van der Waals surface area contributed by atoms with E-state index in [4.69, 9.17) is 65.3 Å². The highest BCUT2D eigenvalue weighted by Gasteiger charge is 2.24. The Kier molecular flexibility index (Phi) is 67.9. The van der Waals surface area contributed by atoms with Crippen LogP contribution in [0.2, 0.25) is 0 Å². The second kappa shape index (κ2) is 74.4. The number of aromatic amines is 2. The van der Waals surface area contributed by atoms with Crippen molar-refractivity contribution in [2.45, 2.75) is 291 Å². The summed E-state index contributed by atoms with van der Waals surface area (Å²) in [6.07, 6.45) is 37.6. The first-order valence-electron chi connectivity index (χ1n) is 50.2. The molecule has 0 unspecified atom stereocenters. The largest absolute Gasteiger partial charge is 0.492 e. The van der Waals surface area contributed by atoms with E-state index in [0.717, 1.165) is 122 Å². The molecular formula is C113H184N6O13S. The number of ether oxygens (including phenoxy) is 10. The van der Waals surface area contributed by atoms with E-state index in [1.807, 2.05) is 67.8 Å². The number of aromatic nitrogens is 4. The number of aliphatic hydroxyl groups is 1. The van der Waals surface area contributed by atoms with Crippen molar-refractivity contribution in [2.75, 3.05) is 143 Å². The number of hydrogen-bond acceptors (Lipinski definition) is 16. The van der Waals surface area contributed by atoms with E-state index in [1.165, 1.54) is 129 Å². The maximum Gasteiger partial charge on any atom is 0.229 e. The SMILES string of the molecule is C#CCOCCOCCOCCOc1ccc(C(C)C)cc1.C#CCOCCOCCOc1ccc(C(C)C)cc1.CC(C)C1CC1.CC(C)C1CCC1.CC(C)C1CCCC1.CC(C)C1CCCCC1.CC(C)c1ccc(NS(C)(=O)=O)cc1.CC(C)c1ccc(OCCN2CCOCC2)cc1.CC(C)c1ccc(OCCO)cc1.CC(C)c1cnc[nH]1.Cc1ncc(C(C)C)[nH]1. The quantitative estimate of drug-likeness (QED) is 0.0208. The molecule has 0 atom stereocenters. The monoisotopic (exact) mass is 1870 g/mol. The summed E-state index contributed by atoms with van der Waals surface area (Å²) in [6.45, 7) is 62.7. The molecule has 5 aromatic carbocycles. The average molecular weight is 1870 g/mol. The molecule has 3 heterocycles. The number of anilines is 1. The number of nitrogens with zero attached hydrogens (tertiary/aromatic N) is 3. The molecule has 5 fully saturated rings. The fraction of sp³-hybridized carbons (Fsp3) is 0.646. The van der Waals surface area contributed by atoms with Crippen LogP contribution >= 0.6 is 0 Å². The van der Waals surface area contributed by atoms with Crippen molar-refractivity contribution in [1.29, 1.82) is 0 Å². The smallest absolute Gasteiger partial charge is 0.229 e. The number of benzene rings is 5. The fourth-order valence-electron chi connectivity index (χ4n) is 14.2. The molecule has 4 aliphatic carbocycles. The lowest BCUT2D eigenvalue weighted by Crippen LogP contribution is -2.38. The number of H-pyrrole nitrogens is 2. The highest BCUT2D eigenvalue weighted by atomic mass is 32.2. The molecule has 7 aromatic rings. The van der Waals surface area contributed by atoms with Crippen molar-refractivity contribution in [1.82, 2.24) is 24.8 Å². The summed E-state index contributed by atoms with van der Waals surface area (Å²) in [5.74, 6) is 21.2. The number of aliphatic hydroxyl groups excluding tert-OH is 1. The summed E-state index contributed by atoms with van der Waals surface area (Å²) in [6, 6.07) is 40.2. The van der Waals surface area contributed by atoms with Crippen molar-refractivity contribution in [3.63, 3.8) is 0 Å². The van der Waals surface area contributed by atoms with Gasteiger partial charge in [0.2, 0.25) is 10.0 Å². The van der Waals surface area contributed by atoms with Crippen molar-refractivity contribution in [3.05, 3.63) is 185 Å². The van der Waals surface area contributed by atoms with E-state index < -0.39 is 10.0 Å². The predicted molar refractivity (Wildman–Crippen MR) is 557 cm³/mol. The highest BCUT2D eigenvalue weighted by molar-refractivity contribution is 7.92. The maximum absolute atomic E-state index is 10.9. The molecule has 2 aromatic heterocycles. The zero-order valence-electron chi connectivity index (χ0n) is 87.2. The number of morpholine rings is 1. The Morgan fingerprint density at radius 2 is 0.722 bits per heavy atom. The van der Waals surface area contributed by atoms with Gasteiger partial charge in [-0.2, -0.15) is 0 Å². The van der Waals surface area contributed by atoms with Gasteiger partial charge in [-0.05, 0) is 197 Å².